The van der Waals surface area contributed by atoms with Crippen LogP contribution in [0.1, 0.15) is 0 Å². The van der Waals surface area contributed by atoms with Crippen molar-refractivity contribution < 1.29 is 9.84 Å². The van der Waals surface area contributed by atoms with Gasteiger partial charge >= 0.3 is 0 Å². The van der Waals surface area contributed by atoms with Crippen molar-refractivity contribution in [3.05, 3.63) is 48.5 Å². The Morgan fingerprint density at radius 2 is 1.47 bits per heavy atom. The van der Waals surface area contributed by atoms with E-state index in [4.69, 9.17) is 4.74 Å². The van der Waals surface area contributed by atoms with Gasteiger partial charge in [0.1, 0.15) is 11.5 Å². The summed E-state index contributed by atoms with van der Waals surface area (Å²) in [7, 11) is 1.65. The van der Waals surface area contributed by atoms with Crippen molar-refractivity contribution in [2.45, 2.75) is 0 Å². The highest BCUT2D eigenvalue weighted by Gasteiger charge is 2.08. The molecule has 0 saturated carbocycles. The number of fused-ring (bicyclic) bond motifs is 3. The van der Waals surface area contributed by atoms with Crippen LogP contribution >= 0.6 is 0 Å². The van der Waals surface area contributed by atoms with Crippen molar-refractivity contribution in [3.63, 3.8) is 0 Å². The van der Waals surface area contributed by atoms with E-state index < -0.39 is 0 Å². The van der Waals surface area contributed by atoms with E-state index in [1.165, 1.54) is 0 Å². The maximum absolute atomic E-state index is 9.90. The molecule has 0 saturated heterocycles. The van der Waals surface area contributed by atoms with Gasteiger partial charge in [-0.2, -0.15) is 0 Å². The zero-order chi connectivity index (χ0) is 11.8. The van der Waals surface area contributed by atoms with Crippen molar-refractivity contribution in [3.8, 4) is 11.5 Å². The number of phenols is 1. The molecule has 2 heteroatoms. The van der Waals surface area contributed by atoms with Crippen LogP contribution in [0, 0.1) is 0 Å². The monoisotopic (exact) mass is 224 g/mol. The molecule has 0 amide bonds. The minimum atomic E-state index is 0.284. The lowest BCUT2D eigenvalue weighted by molar-refractivity contribution is 0.420. The highest BCUT2D eigenvalue weighted by Crippen LogP contribution is 2.36. The van der Waals surface area contributed by atoms with E-state index in [1.807, 2.05) is 42.5 Å². The molecule has 0 heterocycles. The first-order chi connectivity index (χ1) is 8.31. The largest absolute Gasteiger partial charge is 0.507 e. The number of aromatic hydroxyl groups is 1. The first-order valence-electron chi connectivity index (χ1n) is 5.48. The fourth-order valence-corrected chi connectivity index (χ4v) is 2.25. The zero-order valence-electron chi connectivity index (χ0n) is 9.47. The van der Waals surface area contributed by atoms with E-state index in [1.54, 1.807) is 13.2 Å². The number of benzene rings is 3. The Balaban J connectivity index is 2.59. The molecule has 0 aromatic heterocycles. The van der Waals surface area contributed by atoms with E-state index in [0.29, 0.717) is 0 Å². The summed E-state index contributed by atoms with van der Waals surface area (Å²) >= 11 is 0. The fraction of sp³-hybridized carbons (Fsp3) is 0.0667. The minimum Gasteiger partial charge on any atom is -0.507 e. The average molecular weight is 224 g/mol. The zero-order valence-corrected chi connectivity index (χ0v) is 9.47. The predicted molar refractivity (Wildman–Crippen MR) is 69.7 cm³/mol. The summed E-state index contributed by atoms with van der Waals surface area (Å²) in [6, 6.07) is 15.5. The highest BCUT2D eigenvalue weighted by atomic mass is 16.5. The maximum Gasteiger partial charge on any atom is 0.127 e. The second kappa shape index (κ2) is 3.67. The molecule has 0 aliphatic rings. The van der Waals surface area contributed by atoms with Crippen LogP contribution in [0.3, 0.4) is 0 Å². The second-order valence-corrected chi connectivity index (χ2v) is 4.00. The Labute approximate surface area is 99.1 Å². The Kier molecular flexibility index (Phi) is 2.15. The van der Waals surface area contributed by atoms with Crippen molar-refractivity contribution in [2.75, 3.05) is 7.11 Å². The van der Waals surface area contributed by atoms with Crippen LogP contribution in [0.2, 0.25) is 0 Å². The quantitative estimate of drug-likeness (QED) is 0.638. The molecule has 0 unspecified atom stereocenters. The van der Waals surface area contributed by atoms with Gasteiger partial charge in [-0.3, -0.25) is 0 Å². The molecule has 0 radical (unpaired) electrons. The van der Waals surface area contributed by atoms with Gasteiger partial charge < -0.3 is 9.84 Å². The fourth-order valence-electron chi connectivity index (χ4n) is 2.25. The van der Waals surface area contributed by atoms with Gasteiger partial charge in [-0.05, 0) is 22.9 Å². The molecular weight excluding hydrogens is 212 g/mol. The molecular formula is C15H12O2. The summed E-state index contributed by atoms with van der Waals surface area (Å²) in [5, 5.41) is 13.9. The smallest absolute Gasteiger partial charge is 0.127 e. The van der Waals surface area contributed by atoms with Gasteiger partial charge in [-0.15, -0.1) is 0 Å². The normalized spacial score (nSPS) is 10.9. The molecule has 84 valence electrons. The summed E-state index contributed by atoms with van der Waals surface area (Å²) in [4.78, 5) is 0. The average Bonchev–Trinajstić information content (AvgIpc) is 2.38. The van der Waals surface area contributed by atoms with E-state index >= 15 is 0 Å². The van der Waals surface area contributed by atoms with Crippen molar-refractivity contribution in [2.24, 2.45) is 0 Å². The molecule has 0 bridgehead atoms. The first-order valence-corrected chi connectivity index (χ1v) is 5.48. The standard InChI is InChI=1S/C15H12O2/c1-17-15-9-13-11(7-4-8-14(13)16)10-5-2-3-6-12(10)15/h2-9,16H,1H3. The Morgan fingerprint density at radius 1 is 0.824 bits per heavy atom. The summed E-state index contributed by atoms with van der Waals surface area (Å²) in [6.45, 7) is 0. The van der Waals surface area contributed by atoms with Crippen molar-refractivity contribution in [1.82, 2.24) is 0 Å². The Hall–Kier alpha value is -2.22. The van der Waals surface area contributed by atoms with Crippen LogP contribution in [0.4, 0.5) is 0 Å². The van der Waals surface area contributed by atoms with E-state index in [9.17, 15) is 5.11 Å². The Bertz CT molecular complexity index is 702. The van der Waals surface area contributed by atoms with Crippen LogP contribution < -0.4 is 4.74 Å². The Morgan fingerprint density at radius 3 is 2.24 bits per heavy atom. The van der Waals surface area contributed by atoms with Crippen LogP contribution in [0.25, 0.3) is 21.5 Å². The molecule has 1 N–H and O–H groups in total. The number of methoxy groups -OCH3 is 1. The van der Waals surface area contributed by atoms with E-state index in [-0.39, 0.29) is 5.75 Å². The van der Waals surface area contributed by atoms with Crippen LogP contribution in [0.5, 0.6) is 11.5 Å². The molecule has 17 heavy (non-hydrogen) atoms. The molecule has 3 aromatic carbocycles. The SMILES string of the molecule is COc1cc2c(O)cccc2c2ccccc12. The summed E-state index contributed by atoms with van der Waals surface area (Å²) < 4.78 is 5.38. The van der Waals surface area contributed by atoms with Gasteiger partial charge in [0.15, 0.2) is 0 Å². The van der Waals surface area contributed by atoms with Gasteiger partial charge in [-0.1, -0.05) is 36.4 Å². The molecule has 0 aliphatic carbocycles. The van der Waals surface area contributed by atoms with Crippen molar-refractivity contribution in [1.29, 1.82) is 0 Å². The lowest BCUT2D eigenvalue weighted by Gasteiger charge is -2.10. The number of ether oxygens (including phenoxy) is 1. The molecule has 0 atom stereocenters. The summed E-state index contributed by atoms with van der Waals surface area (Å²) in [6.07, 6.45) is 0. The van der Waals surface area contributed by atoms with E-state index in [2.05, 4.69) is 0 Å². The topological polar surface area (TPSA) is 29.5 Å². The summed E-state index contributed by atoms with van der Waals surface area (Å²) in [5.74, 6) is 1.07. The van der Waals surface area contributed by atoms with Gasteiger partial charge in [0.05, 0.1) is 7.11 Å². The van der Waals surface area contributed by atoms with Crippen LogP contribution in [-0.4, -0.2) is 12.2 Å². The number of hydrogen-bond acceptors (Lipinski definition) is 2. The van der Waals surface area contributed by atoms with E-state index in [0.717, 1.165) is 27.3 Å². The minimum absolute atomic E-state index is 0.284. The number of hydrogen-bond donors (Lipinski definition) is 1. The second-order valence-electron chi connectivity index (χ2n) is 4.00. The molecule has 2 nitrogen and oxygen atoms in total. The van der Waals surface area contributed by atoms with Crippen molar-refractivity contribution >= 4 is 21.5 Å². The lowest BCUT2D eigenvalue weighted by atomic mass is 10.0. The molecule has 3 aromatic rings. The molecule has 0 fully saturated rings. The van der Waals surface area contributed by atoms with Crippen LogP contribution in [0.15, 0.2) is 48.5 Å². The predicted octanol–water partition coefficient (Wildman–Crippen LogP) is 3.71. The molecule has 0 spiro atoms. The molecule has 0 aliphatic heterocycles. The number of phenolic OH excluding ortho intramolecular Hbond substituents is 1. The van der Waals surface area contributed by atoms with Crippen LogP contribution in [-0.2, 0) is 0 Å². The van der Waals surface area contributed by atoms with Gasteiger partial charge in [0.2, 0.25) is 0 Å². The lowest BCUT2D eigenvalue weighted by Crippen LogP contribution is -1.86. The number of rotatable bonds is 1. The third kappa shape index (κ3) is 1.41. The third-order valence-electron chi connectivity index (χ3n) is 3.06. The van der Waals surface area contributed by atoms with Gasteiger partial charge in [0.25, 0.3) is 0 Å². The highest BCUT2D eigenvalue weighted by molar-refractivity contribution is 6.11. The summed E-state index contributed by atoms with van der Waals surface area (Å²) in [5.41, 5.74) is 0. The maximum atomic E-state index is 9.90. The third-order valence-corrected chi connectivity index (χ3v) is 3.06. The van der Waals surface area contributed by atoms with Gasteiger partial charge in [0, 0.05) is 10.8 Å². The van der Waals surface area contributed by atoms with Gasteiger partial charge in [-0.25, -0.2) is 0 Å². The molecule has 3 rings (SSSR count). The first kappa shape index (κ1) is 9.97.